The van der Waals surface area contributed by atoms with Gasteiger partial charge in [-0.05, 0) is 114 Å². The first-order valence-corrected chi connectivity index (χ1v) is 17.1. The van der Waals surface area contributed by atoms with Gasteiger partial charge in [0.25, 0.3) is 0 Å². The molecule has 5 rings (SSSR count). The van der Waals surface area contributed by atoms with Crippen molar-refractivity contribution in [3.8, 4) is 23.0 Å². The molecule has 258 valence electrons. The lowest BCUT2D eigenvalue weighted by atomic mass is 10.2. The van der Waals surface area contributed by atoms with E-state index in [0.717, 1.165) is 71.1 Å². The SMILES string of the molecule is CCCCOc1ccc(N=Nc2ccc(COc3cc(CO)cc(OCc4ccc(N=Nc5ccc(OCCCC)cc5)cc4)c3)cc2)cc1. The smallest absolute Gasteiger partial charge is 0.123 e. The summed E-state index contributed by atoms with van der Waals surface area (Å²) in [6, 6.07) is 36.1. The Labute approximate surface area is 294 Å². The van der Waals surface area contributed by atoms with E-state index in [1.165, 1.54) is 0 Å². The quantitative estimate of drug-likeness (QED) is 0.0694. The van der Waals surface area contributed by atoms with Gasteiger partial charge >= 0.3 is 0 Å². The molecular formula is C41H44N4O5. The van der Waals surface area contributed by atoms with E-state index in [1.807, 2.05) is 115 Å². The number of hydrogen-bond acceptors (Lipinski definition) is 9. The number of benzene rings is 5. The van der Waals surface area contributed by atoms with Crippen molar-refractivity contribution < 1.29 is 24.1 Å². The van der Waals surface area contributed by atoms with E-state index in [2.05, 4.69) is 34.3 Å². The zero-order chi connectivity index (χ0) is 34.8. The molecule has 9 heteroatoms. The van der Waals surface area contributed by atoms with Gasteiger partial charge in [0.15, 0.2) is 0 Å². The standard InChI is InChI=1S/C41H44N4O5/c1-3-5-23-47-38-19-15-36(16-20-38)44-42-34-11-7-31(8-12-34)29-49-40-25-33(28-46)26-41(27-40)50-30-32-9-13-35(14-10-32)43-45-37-17-21-39(22-18-37)48-24-6-4-2/h7-22,25-27,46H,3-6,23-24,28-30H2,1-2H3. The highest BCUT2D eigenvalue weighted by atomic mass is 16.5. The average molecular weight is 673 g/mol. The van der Waals surface area contributed by atoms with Crippen molar-refractivity contribution in [2.24, 2.45) is 20.5 Å². The number of hydrogen-bond donors (Lipinski definition) is 1. The van der Waals surface area contributed by atoms with Gasteiger partial charge in [0.1, 0.15) is 36.2 Å². The van der Waals surface area contributed by atoms with Gasteiger partial charge in [-0.3, -0.25) is 0 Å². The van der Waals surface area contributed by atoms with Gasteiger partial charge in [0.2, 0.25) is 0 Å². The highest BCUT2D eigenvalue weighted by Gasteiger charge is 2.06. The molecule has 5 aromatic rings. The third-order valence-corrected chi connectivity index (χ3v) is 7.57. The summed E-state index contributed by atoms with van der Waals surface area (Å²) in [6.45, 7) is 6.27. The van der Waals surface area contributed by atoms with Crippen LogP contribution in [-0.2, 0) is 19.8 Å². The summed E-state index contributed by atoms with van der Waals surface area (Å²) in [7, 11) is 0. The average Bonchev–Trinajstić information content (AvgIpc) is 3.16. The van der Waals surface area contributed by atoms with Crippen molar-refractivity contribution in [1.82, 2.24) is 0 Å². The zero-order valence-corrected chi connectivity index (χ0v) is 28.7. The van der Waals surface area contributed by atoms with Gasteiger partial charge in [-0.2, -0.15) is 20.5 Å². The minimum Gasteiger partial charge on any atom is -0.494 e. The van der Waals surface area contributed by atoms with Crippen LogP contribution in [0.1, 0.15) is 56.2 Å². The zero-order valence-electron chi connectivity index (χ0n) is 28.7. The highest BCUT2D eigenvalue weighted by molar-refractivity contribution is 5.45. The highest BCUT2D eigenvalue weighted by Crippen LogP contribution is 2.27. The molecule has 0 amide bonds. The molecule has 0 unspecified atom stereocenters. The number of azo groups is 2. The second kappa shape index (κ2) is 19.5. The first kappa shape index (κ1) is 35.8. The molecule has 0 aliphatic heterocycles. The normalized spacial score (nSPS) is 11.3. The van der Waals surface area contributed by atoms with E-state index < -0.39 is 0 Å². The fraction of sp³-hybridized carbons (Fsp3) is 0.268. The molecule has 1 N–H and O–H groups in total. The summed E-state index contributed by atoms with van der Waals surface area (Å²) in [5.74, 6) is 2.88. The van der Waals surface area contributed by atoms with Crippen LogP contribution in [0.3, 0.4) is 0 Å². The van der Waals surface area contributed by atoms with Gasteiger partial charge < -0.3 is 24.1 Å². The van der Waals surface area contributed by atoms with Crippen LogP contribution in [0.25, 0.3) is 0 Å². The van der Waals surface area contributed by atoms with Gasteiger partial charge in [0, 0.05) is 6.07 Å². The van der Waals surface area contributed by atoms with Crippen LogP contribution >= 0.6 is 0 Å². The second-order valence-corrected chi connectivity index (χ2v) is 11.7. The van der Waals surface area contributed by atoms with E-state index >= 15 is 0 Å². The van der Waals surface area contributed by atoms with Crippen molar-refractivity contribution >= 4 is 22.7 Å². The van der Waals surface area contributed by atoms with Crippen LogP contribution in [0.2, 0.25) is 0 Å². The number of unbranched alkanes of at least 4 members (excludes halogenated alkanes) is 2. The molecule has 9 nitrogen and oxygen atoms in total. The maximum Gasteiger partial charge on any atom is 0.123 e. The van der Waals surface area contributed by atoms with Gasteiger partial charge in [-0.25, -0.2) is 0 Å². The van der Waals surface area contributed by atoms with E-state index in [-0.39, 0.29) is 6.61 Å². The predicted molar refractivity (Wildman–Crippen MR) is 196 cm³/mol. The van der Waals surface area contributed by atoms with E-state index in [0.29, 0.717) is 43.5 Å². The lowest BCUT2D eigenvalue weighted by Crippen LogP contribution is -1.99. The molecule has 0 saturated heterocycles. The number of aliphatic hydroxyl groups excluding tert-OH is 1. The lowest BCUT2D eigenvalue weighted by Gasteiger charge is -2.12. The predicted octanol–water partition coefficient (Wildman–Crippen LogP) is 11.5. The van der Waals surface area contributed by atoms with Crippen molar-refractivity contribution in [2.45, 2.75) is 59.4 Å². The van der Waals surface area contributed by atoms with Gasteiger partial charge in [0.05, 0.1) is 42.6 Å². The molecular weight excluding hydrogens is 628 g/mol. The van der Waals surface area contributed by atoms with Gasteiger partial charge in [-0.15, -0.1) is 0 Å². The van der Waals surface area contributed by atoms with Crippen LogP contribution in [0.4, 0.5) is 22.7 Å². The fourth-order valence-corrected chi connectivity index (χ4v) is 4.66. The molecule has 0 aliphatic rings. The monoisotopic (exact) mass is 672 g/mol. The number of ether oxygens (including phenoxy) is 4. The molecule has 5 aromatic carbocycles. The molecule has 0 heterocycles. The van der Waals surface area contributed by atoms with Crippen LogP contribution in [0.5, 0.6) is 23.0 Å². The Kier molecular flexibility index (Phi) is 13.9. The molecule has 0 aromatic heterocycles. The van der Waals surface area contributed by atoms with Crippen LogP contribution in [0, 0.1) is 0 Å². The van der Waals surface area contributed by atoms with Gasteiger partial charge in [-0.1, -0.05) is 51.0 Å². The molecule has 0 bridgehead atoms. The van der Waals surface area contributed by atoms with Crippen LogP contribution < -0.4 is 18.9 Å². The molecule has 0 atom stereocenters. The summed E-state index contributed by atoms with van der Waals surface area (Å²) < 4.78 is 23.5. The summed E-state index contributed by atoms with van der Waals surface area (Å²) in [4.78, 5) is 0. The molecule has 0 aliphatic carbocycles. The van der Waals surface area contributed by atoms with E-state index in [4.69, 9.17) is 18.9 Å². The van der Waals surface area contributed by atoms with Crippen molar-refractivity contribution in [3.05, 3.63) is 132 Å². The molecule has 0 fully saturated rings. The molecule has 0 saturated carbocycles. The summed E-state index contributed by atoms with van der Waals surface area (Å²) >= 11 is 0. The number of rotatable bonds is 19. The minimum absolute atomic E-state index is 0.129. The summed E-state index contributed by atoms with van der Waals surface area (Å²) in [5, 5.41) is 27.2. The Balaban J connectivity index is 1.09. The molecule has 50 heavy (non-hydrogen) atoms. The fourth-order valence-electron chi connectivity index (χ4n) is 4.66. The van der Waals surface area contributed by atoms with Crippen molar-refractivity contribution in [3.63, 3.8) is 0 Å². The van der Waals surface area contributed by atoms with Crippen molar-refractivity contribution in [2.75, 3.05) is 13.2 Å². The summed E-state index contributed by atoms with van der Waals surface area (Å²) in [6.07, 6.45) is 4.27. The maximum atomic E-state index is 9.84. The van der Waals surface area contributed by atoms with Crippen LogP contribution in [0.15, 0.2) is 136 Å². The molecule has 0 spiro atoms. The Morgan fingerprint density at radius 1 is 0.420 bits per heavy atom. The Morgan fingerprint density at radius 3 is 1.12 bits per heavy atom. The van der Waals surface area contributed by atoms with E-state index in [9.17, 15) is 5.11 Å². The topological polar surface area (TPSA) is 107 Å². The lowest BCUT2D eigenvalue weighted by molar-refractivity contribution is 0.271. The third-order valence-electron chi connectivity index (χ3n) is 7.57. The Hall–Kier alpha value is -5.54. The number of aliphatic hydroxyl groups is 1. The maximum absolute atomic E-state index is 9.84. The van der Waals surface area contributed by atoms with Crippen LogP contribution in [-0.4, -0.2) is 18.3 Å². The first-order valence-electron chi connectivity index (χ1n) is 17.1. The second-order valence-electron chi connectivity index (χ2n) is 11.7. The minimum atomic E-state index is -0.129. The third kappa shape index (κ3) is 11.9. The van der Waals surface area contributed by atoms with E-state index in [1.54, 1.807) is 0 Å². The number of nitrogens with zero attached hydrogens (tertiary/aromatic N) is 4. The Morgan fingerprint density at radius 2 is 0.780 bits per heavy atom. The largest absolute Gasteiger partial charge is 0.494 e. The summed E-state index contributed by atoms with van der Waals surface area (Å²) in [5.41, 5.74) is 5.64. The van der Waals surface area contributed by atoms with Crippen molar-refractivity contribution in [1.29, 1.82) is 0 Å². The molecule has 0 radical (unpaired) electrons. The Bertz CT molecular complexity index is 1660. The first-order chi connectivity index (χ1) is 24.6.